The van der Waals surface area contributed by atoms with Gasteiger partial charge in [-0.25, -0.2) is 0 Å². The van der Waals surface area contributed by atoms with Crippen molar-refractivity contribution in [3.05, 3.63) is 91.4 Å². The van der Waals surface area contributed by atoms with E-state index in [2.05, 4.69) is 70.6 Å². The third kappa shape index (κ3) is 2.12. The fraction of sp³-hybridized carbons (Fsp3) is 0. The zero-order valence-corrected chi connectivity index (χ0v) is 16.0. The molecule has 30 heavy (non-hydrogen) atoms. The second-order valence-corrected chi connectivity index (χ2v) is 7.79. The maximum Gasteiger partial charge on any atom is 0.0715 e. The van der Waals surface area contributed by atoms with Gasteiger partial charge in [0.15, 0.2) is 0 Å². The van der Waals surface area contributed by atoms with E-state index >= 15 is 0 Å². The lowest BCUT2D eigenvalue weighted by Crippen LogP contribution is -1.88. The van der Waals surface area contributed by atoms with Gasteiger partial charge < -0.3 is 0 Å². The van der Waals surface area contributed by atoms with Crippen LogP contribution in [0.5, 0.6) is 0 Å². The molecular formula is C27H15N3. The van der Waals surface area contributed by atoms with Crippen LogP contribution in [-0.2, 0) is 0 Å². The molecule has 0 spiro atoms. The van der Waals surface area contributed by atoms with Gasteiger partial charge in [-0.2, -0.15) is 0 Å². The van der Waals surface area contributed by atoms with Gasteiger partial charge in [-0.05, 0) is 52.6 Å². The number of fused-ring (bicyclic) bond motifs is 9. The minimum atomic E-state index is 0.999. The van der Waals surface area contributed by atoms with Crippen molar-refractivity contribution in [2.24, 2.45) is 0 Å². The average molecular weight is 381 g/mol. The van der Waals surface area contributed by atoms with Gasteiger partial charge in [0.2, 0.25) is 0 Å². The molecule has 0 saturated heterocycles. The molecule has 0 N–H and O–H groups in total. The van der Waals surface area contributed by atoms with Crippen LogP contribution in [0.15, 0.2) is 91.4 Å². The lowest BCUT2D eigenvalue weighted by molar-refractivity contribution is 1.43. The Bertz CT molecular complexity index is 1670. The van der Waals surface area contributed by atoms with E-state index in [0.29, 0.717) is 0 Å². The number of hydrogen-bond acceptors (Lipinski definition) is 3. The Morgan fingerprint density at radius 2 is 0.800 bits per heavy atom. The summed E-state index contributed by atoms with van der Waals surface area (Å²) in [7, 11) is 0. The highest BCUT2D eigenvalue weighted by molar-refractivity contribution is 6.19. The topological polar surface area (TPSA) is 38.7 Å². The second kappa shape index (κ2) is 5.71. The fourth-order valence-electron chi connectivity index (χ4n) is 4.63. The Balaban J connectivity index is 1.62. The predicted molar refractivity (Wildman–Crippen MR) is 125 cm³/mol. The Morgan fingerprint density at radius 3 is 1.40 bits per heavy atom. The van der Waals surface area contributed by atoms with E-state index < -0.39 is 0 Å². The van der Waals surface area contributed by atoms with Crippen molar-refractivity contribution in [2.75, 3.05) is 0 Å². The number of hydrogen-bond donors (Lipinski definition) is 0. The average Bonchev–Trinajstić information content (AvgIpc) is 2.81. The molecule has 7 aromatic rings. The van der Waals surface area contributed by atoms with Crippen molar-refractivity contribution < 1.29 is 0 Å². The number of nitrogens with zero attached hydrogens (tertiary/aromatic N) is 3. The van der Waals surface area contributed by atoms with Crippen molar-refractivity contribution in [1.29, 1.82) is 0 Å². The normalized spacial score (nSPS) is 12.0. The van der Waals surface area contributed by atoms with Gasteiger partial charge in [-0.15, -0.1) is 0 Å². The first-order valence-corrected chi connectivity index (χ1v) is 10.0. The van der Waals surface area contributed by atoms with Gasteiger partial charge >= 0.3 is 0 Å². The fourth-order valence-corrected chi connectivity index (χ4v) is 4.63. The molecule has 0 bridgehead atoms. The minimum Gasteiger partial charge on any atom is -0.256 e. The molecule has 0 unspecified atom stereocenters. The molecule has 3 heterocycles. The van der Waals surface area contributed by atoms with Crippen LogP contribution in [0.3, 0.4) is 0 Å². The maximum absolute atomic E-state index is 4.82. The molecule has 4 aromatic carbocycles. The summed E-state index contributed by atoms with van der Waals surface area (Å²) in [6, 6.07) is 25.4. The van der Waals surface area contributed by atoms with Crippen LogP contribution >= 0.6 is 0 Å². The standard InChI is InChI=1S/C27H15N3/c1-3-7-25-19(5-1)21-9-17-15-30-27-12-23-18(14-29-26-8-4-2-6-20(23)26)11-24(27)22(17)10-16(21)13-28-25/h1-15H. The monoisotopic (exact) mass is 381 g/mol. The minimum absolute atomic E-state index is 0.999. The smallest absolute Gasteiger partial charge is 0.0715 e. The maximum atomic E-state index is 4.82. The predicted octanol–water partition coefficient (Wildman–Crippen LogP) is 6.79. The highest BCUT2D eigenvalue weighted by Crippen LogP contribution is 2.34. The van der Waals surface area contributed by atoms with E-state index in [4.69, 9.17) is 4.98 Å². The zero-order chi connectivity index (χ0) is 19.7. The third-order valence-electron chi connectivity index (χ3n) is 6.10. The van der Waals surface area contributed by atoms with E-state index in [1.54, 1.807) is 0 Å². The number of rotatable bonds is 0. The molecule has 3 heteroatoms. The first kappa shape index (κ1) is 15.8. The Kier molecular flexibility index (Phi) is 3.00. The molecule has 0 aliphatic rings. The molecule has 0 saturated carbocycles. The van der Waals surface area contributed by atoms with Gasteiger partial charge in [-0.3, -0.25) is 15.0 Å². The molecule has 0 amide bonds. The van der Waals surface area contributed by atoms with Gasteiger partial charge in [-0.1, -0.05) is 36.4 Å². The summed E-state index contributed by atoms with van der Waals surface area (Å²) in [6.45, 7) is 0. The van der Waals surface area contributed by atoms with E-state index in [9.17, 15) is 0 Å². The summed E-state index contributed by atoms with van der Waals surface area (Å²) in [5.74, 6) is 0. The molecule has 3 nitrogen and oxygen atoms in total. The van der Waals surface area contributed by atoms with Gasteiger partial charge in [0.25, 0.3) is 0 Å². The van der Waals surface area contributed by atoms with Crippen LogP contribution in [0.25, 0.3) is 65.0 Å². The number of benzene rings is 4. The van der Waals surface area contributed by atoms with Crippen LogP contribution in [0.4, 0.5) is 0 Å². The summed E-state index contributed by atoms with van der Waals surface area (Å²) in [4.78, 5) is 14.1. The highest BCUT2D eigenvalue weighted by Gasteiger charge is 2.10. The molecule has 138 valence electrons. The first-order valence-electron chi connectivity index (χ1n) is 10.0. The van der Waals surface area contributed by atoms with Crippen molar-refractivity contribution in [2.45, 2.75) is 0 Å². The summed E-state index contributed by atoms with van der Waals surface area (Å²) < 4.78 is 0. The SMILES string of the molecule is c1ccc2c(c1)ncc1cc3c(cnc4cc5c(cnc6ccccc65)cc43)cc12. The summed E-state index contributed by atoms with van der Waals surface area (Å²) in [5.41, 5.74) is 3.02. The number of aromatic nitrogens is 3. The van der Waals surface area contributed by atoms with E-state index in [1.807, 2.05) is 30.7 Å². The van der Waals surface area contributed by atoms with Crippen molar-refractivity contribution in [3.63, 3.8) is 0 Å². The van der Waals surface area contributed by atoms with E-state index in [1.165, 1.54) is 21.5 Å². The van der Waals surface area contributed by atoms with E-state index in [-0.39, 0.29) is 0 Å². The van der Waals surface area contributed by atoms with Crippen molar-refractivity contribution in [1.82, 2.24) is 15.0 Å². The summed E-state index contributed by atoms with van der Waals surface area (Å²) >= 11 is 0. The van der Waals surface area contributed by atoms with E-state index in [0.717, 1.165) is 43.5 Å². The van der Waals surface area contributed by atoms with Crippen LogP contribution in [-0.4, -0.2) is 15.0 Å². The lowest BCUT2D eigenvalue weighted by Gasteiger charge is -2.10. The summed E-state index contributed by atoms with van der Waals surface area (Å²) in [6.07, 6.45) is 5.92. The Morgan fingerprint density at radius 1 is 0.367 bits per heavy atom. The number of para-hydroxylation sites is 2. The lowest BCUT2D eigenvalue weighted by atomic mass is 9.98. The second-order valence-electron chi connectivity index (χ2n) is 7.79. The molecule has 0 radical (unpaired) electrons. The van der Waals surface area contributed by atoms with Crippen LogP contribution in [0.1, 0.15) is 0 Å². The zero-order valence-electron chi connectivity index (χ0n) is 16.0. The quantitative estimate of drug-likeness (QED) is 0.214. The molecule has 0 aliphatic heterocycles. The molecular weight excluding hydrogens is 366 g/mol. The van der Waals surface area contributed by atoms with Gasteiger partial charge in [0, 0.05) is 50.9 Å². The van der Waals surface area contributed by atoms with Crippen molar-refractivity contribution in [3.8, 4) is 0 Å². The Hall–Kier alpha value is -4.11. The molecule has 3 aromatic heterocycles. The van der Waals surface area contributed by atoms with Crippen LogP contribution in [0, 0.1) is 0 Å². The van der Waals surface area contributed by atoms with Crippen LogP contribution in [0.2, 0.25) is 0 Å². The van der Waals surface area contributed by atoms with Crippen molar-refractivity contribution >= 4 is 65.0 Å². The molecule has 0 fully saturated rings. The van der Waals surface area contributed by atoms with Gasteiger partial charge in [0.05, 0.1) is 16.6 Å². The van der Waals surface area contributed by atoms with Gasteiger partial charge in [0.1, 0.15) is 0 Å². The molecule has 0 aliphatic carbocycles. The Labute approximate surface area is 171 Å². The highest BCUT2D eigenvalue weighted by atomic mass is 14.7. The largest absolute Gasteiger partial charge is 0.256 e. The number of pyridine rings is 3. The van der Waals surface area contributed by atoms with Crippen LogP contribution < -0.4 is 0 Å². The third-order valence-corrected chi connectivity index (χ3v) is 6.10. The first-order chi connectivity index (χ1) is 14.8. The molecule has 0 atom stereocenters. The molecule has 7 rings (SSSR count). The summed E-state index contributed by atoms with van der Waals surface area (Å²) in [5, 5.41) is 10.5.